The first-order valence-electron chi connectivity index (χ1n) is 6.32. The average molecular weight is 290 g/mol. The molecule has 0 aliphatic carbocycles. The molecule has 0 saturated carbocycles. The van der Waals surface area contributed by atoms with Gasteiger partial charge in [-0.15, -0.1) is 0 Å². The molecule has 104 valence electrons. The van der Waals surface area contributed by atoms with E-state index in [0.29, 0.717) is 24.7 Å². The van der Waals surface area contributed by atoms with Gasteiger partial charge in [0.2, 0.25) is 0 Å². The van der Waals surface area contributed by atoms with Gasteiger partial charge < -0.3 is 9.64 Å². The van der Waals surface area contributed by atoms with Crippen molar-refractivity contribution < 1.29 is 4.74 Å². The number of hydrogen-bond acceptors (Lipinski definition) is 4. The van der Waals surface area contributed by atoms with E-state index in [-0.39, 0.29) is 0 Å². The minimum Gasteiger partial charge on any atom is -0.497 e. The van der Waals surface area contributed by atoms with Gasteiger partial charge in [-0.05, 0) is 25.2 Å². The molecule has 0 N–H and O–H groups in total. The molecule has 0 saturated heterocycles. The molecule has 5 heteroatoms. The van der Waals surface area contributed by atoms with E-state index in [9.17, 15) is 0 Å². The third-order valence-corrected chi connectivity index (χ3v) is 3.42. The van der Waals surface area contributed by atoms with E-state index in [2.05, 4.69) is 16.0 Å². The smallest absolute Gasteiger partial charge is 0.134 e. The fourth-order valence-electron chi connectivity index (χ4n) is 2.02. The molecule has 20 heavy (non-hydrogen) atoms. The Bertz CT molecular complexity index is 651. The normalized spacial score (nSPS) is 10.8. The molecule has 2 rings (SSSR count). The highest BCUT2D eigenvalue weighted by atomic mass is 35.5. The predicted molar refractivity (Wildman–Crippen MR) is 79.9 cm³/mol. The van der Waals surface area contributed by atoms with E-state index in [4.69, 9.17) is 21.6 Å². The van der Waals surface area contributed by atoms with Crippen LogP contribution in [0.4, 0.5) is 0 Å². The molecule has 0 unspecified atom stereocenters. The van der Waals surface area contributed by atoms with Gasteiger partial charge in [0.1, 0.15) is 10.9 Å². The van der Waals surface area contributed by atoms with Crippen LogP contribution in [0.3, 0.4) is 0 Å². The molecule has 1 aromatic carbocycles. The summed E-state index contributed by atoms with van der Waals surface area (Å²) < 4.78 is 5.18. The third kappa shape index (κ3) is 3.38. The lowest BCUT2D eigenvalue weighted by atomic mass is 10.1. The minimum atomic E-state index is 0.495. The summed E-state index contributed by atoms with van der Waals surface area (Å²) in [5, 5.41) is 10.1. The van der Waals surface area contributed by atoms with Crippen LogP contribution in [0.25, 0.3) is 10.9 Å². The number of fused-ring (bicyclic) bond motifs is 1. The Balaban J connectivity index is 2.26. The first-order valence-corrected chi connectivity index (χ1v) is 6.70. The molecule has 0 bridgehead atoms. The largest absolute Gasteiger partial charge is 0.497 e. The molecule has 0 radical (unpaired) electrons. The van der Waals surface area contributed by atoms with Gasteiger partial charge in [0, 0.05) is 36.5 Å². The zero-order valence-electron chi connectivity index (χ0n) is 11.6. The van der Waals surface area contributed by atoms with Gasteiger partial charge >= 0.3 is 0 Å². The molecule has 0 amide bonds. The third-order valence-electron chi connectivity index (χ3n) is 3.10. The topological polar surface area (TPSA) is 49.1 Å². The summed E-state index contributed by atoms with van der Waals surface area (Å²) in [6, 6.07) is 9.91. The van der Waals surface area contributed by atoms with Crippen molar-refractivity contribution in [3.8, 4) is 11.8 Å². The van der Waals surface area contributed by atoms with Gasteiger partial charge in [0.05, 0.1) is 18.7 Å². The lowest BCUT2D eigenvalue weighted by molar-refractivity contribution is 0.335. The molecular weight excluding hydrogens is 274 g/mol. The van der Waals surface area contributed by atoms with Crippen LogP contribution in [0.5, 0.6) is 5.75 Å². The van der Waals surface area contributed by atoms with E-state index < -0.39 is 0 Å². The van der Waals surface area contributed by atoms with Crippen molar-refractivity contribution in [3.05, 3.63) is 35.0 Å². The molecule has 0 aliphatic rings. The Hall–Kier alpha value is -1.83. The molecule has 0 fully saturated rings. The van der Waals surface area contributed by atoms with E-state index in [1.165, 1.54) is 0 Å². The second-order valence-corrected chi connectivity index (χ2v) is 5.00. The average Bonchev–Trinajstić information content (AvgIpc) is 2.45. The van der Waals surface area contributed by atoms with Crippen LogP contribution < -0.4 is 4.74 Å². The summed E-state index contributed by atoms with van der Waals surface area (Å²) in [7, 11) is 3.59. The van der Waals surface area contributed by atoms with Crippen LogP contribution >= 0.6 is 11.6 Å². The maximum Gasteiger partial charge on any atom is 0.134 e. The van der Waals surface area contributed by atoms with Gasteiger partial charge in [-0.1, -0.05) is 11.6 Å². The summed E-state index contributed by atoms with van der Waals surface area (Å²) >= 11 is 6.23. The number of ether oxygens (including phenoxy) is 1. The first kappa shape index (κ1) is 14.6. The zero-order chi connectivity index (χ0) is 14.5. The van der Waals surface area contributed by atoms with Crippen LogP contribution in [0.15, 0.2) is 24.3 Å². The van der Waals surface area contributed by atoms with Crippen molar-refractivity contribution in [1.82, 2.24) is 9.88 Å². The van der Waals surface area contributed by atoms with Gasteiger partial charge in [0.15, 0.2) is 0 Å². The van der Waals surface area contributed by atoms with Gasteiger partial charge in [-0.2, -0.15) is 5.26 Å². The maximum absolute atomic E-state index is 8.60. The summed E-state index contributed by atoms with van der Waals surface area (Å²) in [5.74, 6) is 0.764. The van der Waals surface area contributed by atoms with E-state index in [0.717, 1.165) is 22.2 Å². The Morgan fingerprint density at radius 1 is 1.40 bits per heavy atom. The molecule has 1 heterocycles. The van der Waals surface area contributed by atoms with Crippen molar-refractivity contribution in [2.45, 2.75) is 13.0 Å². The second-order valence-electron chi connectivity index (χ2n) is 4.64. The Kier molecular flexibility index (Phi) is 4.78. The zero-order valence-corrected chi connectivity index (χ0v) is 12.3. The highest BCUT2D eigenvalue weighted by Gasteiger charge is 2.08. The summed E-state index contributed by atoms with van der Waals surface area (Å²) in [4.78, 5) is 6.47. The number of nitrogens with zero attached hydrogens (tertiary/aromatic N) is 3. The van der Waals surface area contributed by atoms with E-state index in [1.807, 2.05) is 31.3 Å². The predicted octanol–water partition coefficient (Wildman–Crippen LogP) is 3.24. The Labute approximate surface area is 123 Å². The van der Waals surface area contributed by atoms with Crippen LogP contribution in [0.1, 0.15) is 12.0 Å². The minimum absolute atomic E-state index is 0.495. The quantitative estimate of drug-likeness (QED) is 0.793. The van der Waals surface area contributed by atoms with Crippen LogP contribution in [0, 0.1) is 11.3 Å². The van der Waals surface area contributed by atoms with Crippen LogP contribution in [-0.4, -0.2) is 30.6 Å². The number of hydrogen-bond donors (Lipinski definition) is 0. The SMILES string of the molecule is COc1ccc2cc(CN(C)CCC#N)c(Cl)nc2c1. The van der Waals surface area contributed by atoms with Gasteiger partial charge in [0.25, 0.3) is 0 Å². The monoisotopic (exact) mass is 289 g/mol. The van der Waals surface area contributed by atoms with Gasteiger partial charge in [-0.3, -0.25) is 0 Å². The van der Waals surface area contributed by atoms with Crippen molar-refractivity contribution in [2.24, 2.45) is 0 Å². The van der Waals surface area contributed by atoms with Gasteiger partial charge in [-0.25, -0.2) is 4.98 Å². The lowest BCUT2D eigenvalue weighted by Crippen LogP contribution is -2.19. The highest BCUT2D eigenvalue weighted by molar-refractivity contribution is 6.30. The standard InChI is InChI=1S/C15H16ClN3O/c1-19(7-3-6-17)10-12-8-11-4-5-13(20-2)9-14(11)18-15(12)16/h4-5,8-9H,3,7,10H2,1-2H3. The number of benzene rings is 1. The summed E-state index contributed by atoms with van der Waals surface area (Å²) in [6.07, 6.45) is 0.506. The molecule has 2 aromatic rings. The van der Waals surface area contributed by atoms with Crippen molar-refractivity contribution in [3.63, 3.8) is 0 Å². The van der Waals surface area contributed by atoms with Crippen LogP contribution in [-0.2, 0) is 6.54 Å². The molecule has 4 nitrogen and oxygen atoms in total. The number of aromatic nitrogens is 1. The van der Waals surface area contributed by atoms with Crippen molar-refractivity contribution in [1.29, 1.82) is 5.26 Å². The van der Waals surface area contributed by atoms with Crippen LogP contribution in [0.2, 0.25) is 5.15 Å². The van der Waals surface area contributed by atoms with Crippen molar-refractivity contribution in [2.75, 3.05) is 20.7 Å². The molecular formula is C15H16ClN3O. The van der Waals surface area contributed by atoms with E-state index >= 15 is 0 Å². The first-order chi connectivity index (χ1) is 9.63. The number of rotatable bonds is 5. The Morgan fingerprint density at radius 3 is 2.90 bits per heavy atom. The molecule has 0 aliphatic heterocycles. The molecule has 0 spiro atoms. The number of nitriles is 1. The number of methoxy groups -OCH3 is 1. The number of halogens is 1. The van der Waals surface area contributed by atoms with E-state index in [1.54, 1.807) is 7.11 Å². The second kappa shape index (κ2) is 6.56. The molecule has 1 aromatic heterocycles. The Morgan fingerprint density at radius 2 is 2.20 bits per heavy atom. The maximum atomic E-state index is 8.60. The fraction of sp³-hybridized carbons (Fsp3) is 0.333. The molecule has 0 atom stereocenters. The highest BCUT2D eigenvalue weighted by Crippen LogP contribution is 2.24. The summed E-state index contributed by atoms with van der Waals surface area (Å²) in [6.45, 7) is 1.39. The fourth-order valence-corrected chi connectivity index (χ4v) is 2.22. The number of pyridine rings is 1. The van der Waals surface area contributed by atoms with Crippen molar-refractivity contribution >= 4 is 22.5 Å². The summed E-state index contributed by atoms with van der Waals surface area (Å²) in [5.41, 5.74) is 1.78. The lowest BCUT2D eigenvalue weighted by Gasteiger charge is -2.16.